The number of aryl methyl sites for hydroxylation is 1. The van der Waals surface area contributed by atoms with E-state index in [4.69, 9.17) is 16.3 Å². The predicted molar refractivity (Wildman–Crippen MR) is 99.8 cm³/mol. The number of alkyl halides is 3. The molecule has 0 aliphatic rings. The first-order valence-corrected chi connectivity index (χ1v) is 8.69. The molecule has 0 saturated carbocycles. The first-order chi connectivity index (χ1) is 13.7. The zero-order valence-corrected chi connectivity index (χ0v) is 15.8. The maximum Gasteiger partial charge on any atom is 0.433 e. The highest BCUT2D eigenvalue weighted by Crippen LogP contribution is 2.32. The average Bonchev–Trinajstić information content (AvgIpc) is 3.05. The van der Waals surface area contributed by atoms with Crippen molar-refractivity contribution in [3.05, 3.63) is 58.4 Å². The number of pyridine rings is 1. The fraction of sp³-hybridized carbons (Fsp3) is 0.158. The minimum Gasteiger partial charge on any atom is -0.464 e. The number of hydrogen-bond donors (Lipinski definition) is 0. The maximum absolute atomic E-state index is 13.1. The van der Waals surface area contributed by atoms with Gasteiger partial charge in [0.05, 0.1) is 18.2 Å². The Balaban J connectivity index is 2.07. The van der Waals surface area contributed by atoms with Crippen LogP contribution in [0.15, 0.2) is 36.4 Å². The molecule has 1 aromatic carbocycles. The SMILES string of the molecule is COC(=O)c1cc(-c2ccc(Cl)cc2)nc2c3c(C)cc(C(F)(F)F)nc3nn12. The number of ether oxygens (including phenoxy) is 1. The van der Waals surface area contributed by atoms with E-state index in [2.05, 4.69) is 15.1 Å². The van der Waals surface area contributed by atoms with Crippen LogP contribution in [0.1, 0.15) is 21.7 Å². The Kier molecular flexibility index (Phi) is 4.42. The van der Waals surface area contributed by atoms with Crippen molar-refractivity contribution in [2.75, 3.05) is 7.11 Å². The molecule has 0 fully saturated rings. The van der Waals surface area contributed by atoms with Crippen LogP contribution in [0.5, 0.6) is 0 Å². The van der Waals surface area contributed by atoms with Crippen molar-refractivity contribution in [1.29, 1.82) is 0 Å². The van der Waals surface area contributed by atoms with E-state index >= 15 is 0 Å². The van der Waals surface area contributed by atoms with Crippen molar-refractivity contribution in [3.63, 3.8) is 0 Å². The van der Waals surface area contributed by atoms with E-state index in [1.165, 1.54) is 20.1 Å². The molecule has 10 heteroatoms. The first-order valence-electron chi connectivity index (χ1n) is 8.31. The molecule has 0 radical (unpaired) electrons. The number of methoxy groups -OCH3 is 1. The lowest BCUT2D eigenvalue weighted by molar-refractivity contribution is -0.141. The molecule has 0 aliphatic heterocycles. The Morgan fingerprint density at radius 1 is 1.14 bits per heavy atom. The summed E-state index contributed by atoms with van der Waals surface area (Å²) in [5, 5.41) is 4.93. The van der Waals surface area contributed by atoms with Gasteiger partial charge in [-0.15, -0.1) is 5.10 Å². The second-order valence-corrected chi connectivity index (χ2v) is 6.72. The van der Waals surface area contributed by atoms with Crippen molar-refractivity contribution < 1.29 is 22.7 Å². The van der Waals surface area contributed by atoms with E-state index in [0.717, 1.165) is 10.6 Å². The van der Waals surface area contributed by atoms with Crippen molar-refractivity contribution >= 4 is 34.3 Å². The maximum atomic E-state index is 13.1. The van der Waals surface area contributed by atoms with Gasteiger partial charge in [-0.05, 0) is 36.8 Å². The minimum absolute atomic E-state index is 0.00779. The van der Waals surface area contributed by atoms with Gasteiger partial charge in [0.2, 0.25) is 0 Å². The Morgan fingerprint density at radius 3 is 2.45 bits per heavy atom. The molecule has 4 rings (SSSR count). The van der Waals surface area contributed by atoms with E-state index in [9.17, 15) is 18.0 Å². The number of aromatic nitrogens is 4. The number of nitrogens with zero attached hydrogens (tertiary/aromatic N) is 4. The summed E-state index contributed by atoms with van der Waals surface area (Å²) in [6.45, 7) is 1.51. The van der Waals surface area contributed by atoms with Crippen molar-refractivity contribution in [2.24, 2.45) is 0 Å². The molecule has 0 aliphatic carbocycles. The van der Waals surface area contributed by atoms with Crippen LogP contribution < -0.4 is 0 Å². The zero-order valence-electron chi connectivity index (χ0n) is 15.1. The molecule has 3 heterocycles. The van der Waals surface area contributed by atoms with Gasteiger partial charge in [-0.3, -0.25) is 0 Å². The van der Waals surface area contributed by atoms with Crippen molar-refractivity contribution in [3.8, 4) is 11.3 Å². The van der Waals surface area contributed by atoms with Gasteiger partial charge in [0.1, 0.15) is 5.69 Å². The quantitative estimate of drug-likeness (QED) is 0.439. The fourth-order valence-electron chi connectivity index (χ4n) is 3.02. The van der Waals surface area contributed by atoms with Crippen LogP contribution >= 0.6 is 11.6 Å². The summed E-state index contributed by atoms with van der Waals surface area (Å²) in [5.41, 5.74) is 0.338. The Morgan fingerprint density at radius 2 is 1.83 bits per heavy atom. The van der Waals surface area contributed by atoms with Gasteiger partial charge in [0.25, 0.3) is 0 Å². The van der Waals surface area contributed by atoms with E-state index in [0.29, 0.717) is 21.7 Å². The fourth-order valence-corrected chi connectivity index (χ4v) is 3.15. The van der Waals surface area contributed by atoms with Gasteiger partial charge in [0, 0.05) is 10.6 Å². The number of hydrogen-bond acceptors (Lipinski definition) is 5. The number of fused-ring (bicyclic) bond motifs is 3. The number of rotatable bonds is 2. The second kappa shape index (κ2) is 6.70. The normalized spacial score (nSPS) is 11.9. The molecule has 148 valence electrons. The van der Waals surface area contributed by atoms with Crippen LogP contribution in [0.3, 0.4) is 0 Å². The monoisotopic (exact) mass is 420 g/mol. The molecule has 0 unspecified atom stereocenters. The standard InChI is InChI=1S/C19H12ClF3N4O2/c1-9-7-14(19(21,22)23)25-16-15(9)17-24-12(10-3-5-11(20)6-4-10)8-13(18(28)29-2)27(17)26-16/h3-8H,1-2H3. The number of carbonyl (C=O) groups excluding carboxylic acids is 1. The van der Waals surface area contributed by atoms with E-state index in [1.807, 2.05) is 0 Å². The summed E-state index contributed by atoms with van der Waals surface area (Å²) in [7, 11) is 1.20. The summed E-state index contributed by atoms with van der Waals surface area (Å²) < 4.78 is 45.4. The number of benzene rings is 1. The highest BCUT2D eigenvalue weighted by molar-refractivity contribution is 6.30. The minimum atomic E-state index is -4.62. The molecule has 0 amide bonds. The van der Waals surface area contributed by atoms with Gasteiger partial charge in [-0.25, -0.2) is 19.3 Å². The number of carbonyl (C=O) groups is 1. The third kappa shape index (κ3) is 3.27. The average molecular weight is 421 g/mol. The molecule has 4 aromatic rings. The van der Waals surface area contributed by atoms with E-state index in [1.54, 1.807) is 24.3 Å². The lowest BCUT2D eigenvalue weighted by atomic mass is 10.1. The van der Waals surface area contributed by atoms with Crippen molar-refractivity contribution in [2.45, 2.75) is 13.1 Å². The summed E-state index contributed by atoms with van der Waals surface area (Å²) in [5.74, 6) is -0.714. The van der Waals surface area contributed by atoms with Crippen LogP contribution in [0.4, 0.5) is 13.2 Å². The third-order valence-corrected chi connectivity index (χ3v) is 4.62. The largest absolute Gasteiger partial charge is 0.464 e. The van der Waals surface area contributed by atoms with Crippen LogP contribution in [0.25, 0.3) is 27.9 Å². The van der Waals surface area contributed by atoms with Crippen LogP contribution in [0.2, 0.25) is 5.02 Å². The molecule has 3 aromatic heterocycles. The lowest BCUT2D eigenvalue weighted by Gasteiger charge is -2.08. The van der Waals surface area contributed by atoms with Gasteiger partial charge < -0.3 is 4.74 Å². The van der Waals surface area contributed by atoms with E-state index < -0.39 is 17.8 Å². The number of esters is 1. The topological polar surface area (TPSA) is 69.4 Å². The summed E-state index contributed by atoms with van der Waals surface area (Å²) in [6, 6.07) is 9.14. The summed E-state index contributed by atoms with van der Waals surface area (Å²) >= 11 is 5.92. The third-order valence-electron chi connectivity index (χ3n) is 4.37. The molecule has 0 bridgehead atoms. The van der Waals surface area contributed by atoms with Gasteiger partial charge >= 0.3 is 12.1 Å². The summed E-state index contributed by atoms with van der Waals surface area (Å²) in [4.78, 5) is 20.5. The lowest BCUT2D eigenvalue weighted by Crippen LogP contribution is -2.10. The highest BCUT2D eigenvalue weighted by atomic mass is 35.5. The Hall–Kier alpha value is -3.20. The summed E-state index contributed by atoms with van der Waals surface area (Å²) in [6.07, 6.45) is -4.62. The van der Waals surface area contributed by atoms with Gasteiger partial charge in [-0.1, -0.05) is 23.7 Å². The zero-order chi connectivity index (χ0) is 20.9. The van der Waals surface area contributed by atoms with Crippen molar-refractivity contribution in [1.82, 2.24) is 19.6 Å². The van der Waals surface area contributed by atoms with E-state index in [-0.39, 0.29) is 22.6 Å². The Bertz CT molecular complexity index is 1270. The molecular weight excluding hydrogens is 409 g/mol. The molecule has 0 N–H and O–H groups in total. The Labute approximate surface area is 166 Å². The van der Waals surface area contributed by atoms with Gasteiger partial charge in [0.15, 0.2) is 17.0 Å². The van der Waals surface area contributed by atoms with Gasteiger partial charge in [-0.2, -0.15) is 13.2 Å². The first kappa shape index (κ1) is 19.1. The van der Waals surface area contributed by atoms with Crippen LogP contribution in [0, 0.1) is 6.92 Å². The highest BCUT2D eigenvalue weighted by Gasteiger charge is 2.34. The molecule has 0 atom stereocenters. The molecular formula is C19H12ClF3N4O2. The smallest absolute Gasteiger partial charge is 0.433 e. The molecule has 0 spiro atoms. The van der Waals surface area contributed by atoms with Crippen LogP contribution in [-0.2, 0) is 10.9 Å². The molecule has 29 heavy (non-hydrogen) atoms. The predicted octanol–water partition coefficient (Wildman–Crippen LogP) is 4.71. The molecule has 0 saturated heterocycles. The molecule has 6 nitrogen and oxygen atoms in total. The second-order valence-electron chi connectivity index (χ2n) is 6.28. The van der Waals surface area contributed by atoms with Crippen LogP contribution in [-0.4, -0.2) is 32.7 Å². The number of halogens is 4.